The molecule has 5 heteroatoms. The van der Waals surface area contributed by atoms with Gasteiger partial charge < -0.3 is 14.9 Å². The monoisotopic (exact) mass is 316 g/mol. The molecule has 1 atom stereocenters. The summed E-state index contributed by atoms with van der Waals surface area (Å²) in [4.78, 5) is 11.2. The van der Waals surface area contributed by atoms with Crippen LogP contribution < -0.4 is 0 Å². The highest BCUT2D eigenvalue weighted by atomic mass is 79.9. The second kappa shape index (κ2) is 8.24. The minimum atomic E-state index is -0.821. The Hall–Kier alpha value is -0.910. The zero-order valence-corrected chi connectivity index (χ0v) is 11.6. The number of carbonyl (C=O) groups is 1. The Morgan fingerprint density at radius 3 is 2.67 bits per heavy atom. The largest absolute Gasteiger partial charge is 0.481 e. The summed E-state index contributed by atoms with van der Waals surface area (Å²) in [5.41, 5.74) is 0.979. The third kappa shape index (κ3) is 5.16. The summed E-state index contributed by atoms with van der Waals surface area (Å²) in [5, 5.41) is 17.7. The zero-order chi connectivity index (χ0) is 13.4. The van der Waals surface area contributed by atoms with E-state index in [0.717, 1.165) is 10.0 Å². The standard InChI is InChI=1S/C13H17BrO4/c14-12-4-2-1-3-10(12)9-11(13(16)17)5-7-18-8-6-15/h1-4,11,15H,5-9H2,(H,16,17). The lowest BCUT2D eigenvalue weighted by Gasteiger charge is -2.13. The molecule has 0 bridgehead atoms. The number of aliphatic hydroxyl groups is 1. The molecule has 0 aliphatic rings. The number of aliphatic carboxylic acids is 1. The van der Waals surface area contributed by atoms with Crippen molar-refractivity contribution in [1.82, 2.24) is 0 Å². The quantitative estimate of drug-likeness (QED) is 0.721. The van der Waals surface area contributed by atoms with Crippen LogP contribution in [0.3, 0.4) is 0 Å². The van der Waals surface area contributed by atoms with Crippen molar-refractivity contribution < 1.29 is 19.7 Å². The van der Waals surface area contributed by atoms with Crippen LogP contribution >= 0.6 is 15.9 Å². The van der Waals surface area contributed by atoms with Crippen molar-refractivity contribution in [3.05, 3.63) is 34.3 Å². The van der Waals surface area contributed by atoms with Crippen LogP contribution in [0.15, 0.2) is 28.7 Å². The smallest absolute Gasteiger partial charge is 0.306 e. The van der Waals surface area contributed by atoms with E-state index in [9.17, 15) is 4.79 Å². The van der Waals surface area contributed by atoms with Gasteiger partial charge in [0, 0.05) is 11.1 Å². The van der Waals surface area contributed by atoms with Gasteiger partial charge in [0.1, 0.15) is 0 Å². The van der Waals surface area contributed by atoms with Gasteiger partial charge in [0.15, 0.2) is 0 Å². The fraction of sp³-hybridized carbons (Fsp3) is 0.462. The highest BCUT2D eigenvalue weighted by molar-refractivity contribution is 9.10. The number of benzene rings is 1. The van der Waals surface area contributed by atoms with Gasteiger partial charge in [0.2, 0.25) is 0 Å². The summed E-state index contributed by atoms with van der Waals surface area (Å²) in [6.45, 7) is 0.561. The average Bonchev–Trinajstić information content (AvgIpc) is 2.35. The zero-order valence-electron chi connectivity index (χ0n) is 10.0. The van der Waals surface area contributed by atoms with Crippen molar-refractivity contribution in [3.63, 3.8) is 0 Å². The van der Waals surface area contributed by atoms with E-state index in [2.05, 4.69) is 15.9 Å². The summed E-state index contributed by atoms with van der Waals surface area (Å²) in [5.74, 6) is -1.29. The van der Waals surface area contributed by atoms with E-state index in [1.54, 1.807) is 0 Å². The van der Waals surface area contributed by atoms with E-state index in [-0.39, 0.29) is 13.2 Å². The molecule has 0 fully saturated rings. The maximum atomic E-state index is 11.2. The summed E-state index contributed by atoms with van der Waals surface area (Å²) in [6.07, 6.45) is 0.913. The second-order valence-corrected chi connectivity index (χ2v) is 4.81. The van der Waals surface area contributed by atoms with Gasteiger partial charge in [-0.15, -0.1) is 0 Å². The van der Waals surface area contributed by atoms with E-state index in [4.69, 9.17) is 14.9 Å². The Labute approximate surface area is 115 Å². The van der Waals surface area contributed by atoms with E-state index in [1.165, 1.54) is 0 Å². The van der Waals surface area contributed by atoms with Crippen LogP contribution in [0.2, 0.25) is 0 Å². The van der Waals surface area contributed by atoms with Crippen molar-refractivity contribution in [1.29, 1.82) is 0 Å². The van der Waals surface area contributed by atoms with Crippen LogP contribution in [0, 0.1) is 5.92 Å². The Morgan fingerprint density at radius 1 is 1.33 bits per heavy atom. The van der Waals surface area contributed by atoms with Gasteiger partial charge in [-0.25, -0.2) is 0 Å². The van der Waals surface area contributed by atoms with Crippen LogP contribution in [0.25, 0.3) is 0 Å². The van der Waals surface area contributed by atoms with Crippen LogP contribution in [0.4, 0.5) is 0 Å². The van der Waals surface area contributed by atoms with Gasteiger partial charge in [0.25, 0.3) is 0 Å². The highest BCUT2D eigenvalue weighted by Gasteiger charge is 2.18. The molecule has 0 amide bonds. The maximum absolute atomic E-state index is 11.2. The number of aliphatic hydroxyl groups excluding tert-OH is 1. The third-order valence-electron chi connectivity index (χ3n) is 2.62. The number of carboxylic acids is 1. The first-order valence-electron chi connectivity index (χ1n) is 5.80. The van der Waals surface area contributed by atoms with E-state index in [1.807, 2.05) is 24.3 Å². The van der Waals surface area contributed by atoms with Crippen molar-refractivity contribution in [3.8, 4) is 0 Å². The van der Waals surface area contributed by atoms with Gasteiger partial charge in [-0.3, -0.25) is 4.79 Å². The van der Waals surface area contributed by atoms with Crippen LogP contribution in [0.5, 0.6) is 0 Å². The number of ether oxygens (including phenoxy) is 1. The molecule has 4 nitrogen and oxygen atoms in total. The fourth-order valence-corrected chi connectivity index (χ4v) is 2.08. The molecular formula is C13H17BrO4. The predicted molar refractivity (Wildman–Crippen MR) is 71.5 cm³/mol. The lowest BCUT2D eigenvalue weighted by atomic mass is 9.97. The van der Waals surface area contributed by atoms with E-state index < -0.39 is 11.9 Å². The molecule has 2 N–H and O–H groups in total. The van der Waals surface area contributed by atoms with Gasteiger partial charge >= 0.3 is 5.97 Å². The molecule has 0 aliphatic carbocycles. The number of carboxylic acid groups (broad SMARTS) is 1. The number of hydrogen-bond donors (Lipinski definition) is 2. The lowest BCUT2D eigenvalue weighted by molar-refractivity contribution is -0.142. The Bertz CT molecular complexity index is 381. The first-order valence-corrected chi connectivity index (χ1v) is 6.59. The summed E-state index contributed by atoms with van der Waals surface area (Å²) in [6, 6.07) is 7.60. The Kier molecular flexibility index (Phi) is 6.93. The van der Waals surface area contributed by atoms with Gasteiger partial charge in [-0.2, -0.15) is 0 Å². The maximum Gasteiger partial charge on any atom is 0.306 e. The molecule has 0 saturated heterocycles. The van der Waals surface area contributed by atoms with Crippen LogP contribution in [-0.4, -0.2) is 36.0 Å². The molecule has 1 aromatic carbocycles. The third-order valence-corrected chi connectivity index (χ3v) is 3.39. The minimum absolute atomic E-state index is 0.0397. The number of hydrogen-bond acceptors (Lipinski definition) is 3. The van der Waals surface area contributed by atoms with Crippen molar-refractivity contribution >= 4 is 21.9 Å². The van der Waals surface area contributed by atoms with Gasteiger partial charge in [-0.05, 0) is 24.5 Å². The Morgan fingerprint density at radius 2 is 2.06 bits per heavy atom. The van der Waals surface area contributed by atoms with E-state index in [0.29, 0.717) is 19.4 Å². The van der Waals surface area contributed by atoms with Crippen molar-refractivity contribution in [2.45, 2.75) is 12.8 Å². The molecule has 1 unspecified atom stereocenters. The molecule has 100 valence electrons. The molecular weight excluding hydrogens is 300 g/mol. The van der Waals surface area contributed by atoms with Gasteiger partial charge in [0.05, 0.1) is 19.1 Å². The topological polar surface area (TPSA) is 66.8 Å². The summed E-state index contributed by atoms with van der Waals surface area (Å²) in [7, 11) is 0. The lowest BCUT2D eigenvalue weighted by Crippen LogP contribution is -2.19. The first kappa shape index (κ1) is 15.1. The molecule has 0 heterocycles. The molecule has 1 aromatic rings. The van der Waals surface area contributed by atoms with Crippen LogP contribution in [-0.2, 0) is 16.0 Å². The molecule has 18 heavy (non-hydrogen) atoms. The molecule has 0 saturated carbocycles. The molecule has 0 aliphatic heterocycles. The summed E-state index contributed by atoms with van der Waals surface area (Å²) < 4.78 is 6.03. The van der Waals surface area contributed by atoms with Crippen LogP contribution in [0.1, 0.15) is 12.0 Å². The SMILES string of the molecule is O=C(O)C(CCOCCO)Cc1ccccc1Br. The molecule has 0 radical (unpaired) electrons. The van der Waals surface area contributed by atoms with Gasteiger partial charge in [-0.1, -0.05) is 34.1 Å². The normalized spacial score (nSPS) is 12.3. The fourth-order valence-electron chi connectivity index (χ4n) is 1.63. The van der Waals surface area contributed by atoms with E-state index >= 15 is 0 Å². The number of rotatable bonds is 8. The second-order valence-electron chi connectivity index (χ2n) is 3.96. The number of halogens is 1. The first-order chi connectivity index (χ1) is 8.65. The van der Waals surface area contributed by atoms with Crippen molar-refractivity contribution in [2.75, 3.05) is 19.8 Å². The summed E-state index contributed by atoms with van der Waals surface area (Å²) >= 11 is 3.41. The average molecular weight is 317 g/mol. The Balaban J connectivity index is 2.53. The minimum Gasteiger partial charge on any atom is -0.481 e. The predicted octanol–water partition coefficient (Wildman–Crippen LogP) is 2.09. The highest BCUT2D eigenvalue weighted by Crippen LogP contribution is 2.21. The molecule has 0 spiro atoms. The molecule has 1 rings (SSSR count). The van der Waals surface area contributed by atoms with Crippen molar-refractivity contribution in [2.24, 2.45) is 5.92 Å². The molecule has 0 aromatic heterocycles.